The summed E-state index contributed by atoms with van der Waals surface area (Å²) in [6, 6.07) is 2.80. The van der Waals surface area contributed by atoms with Gasteiger partial charge >= 0.3 is 0 Å². The van der Waals surface area contributed by atoms with E-state index < -0.39 is 5.78 Å². The monoisotopic (exact) mass is 478 g/mol. The first-order valence-corrected chi connectivity index (χ1v) is 11.5. The highest BCUT2D eigenvalue weighted by atomic mass is 16.5. The van der Waals surface area contributed by atoms with Gasteiger partial charge < -0.3 is 38.6 Å². The van der Waals surface area contributed by atoms with Gasteiger partial charge in [0.15, 0.2) is 23.0 Å². The number of ether oxygens (including phenoxy) is 6. The number of phenols is 2. The molecule has 2 N–H and O–H groups in total. The molecule has 0 saturated carbocycles. The number of benzene rings is 2. The highest BCUT2D eigenvalue weighted by Gasteiger charge is 2.31. The maximum atomic E-state index is 13.9. The van der Waals surface area contributed by atoms with Crippen molar-refractivity contribution in [3.63, 3.8) is 0 Å². The second-order valence-electron chi connectivity index (χ2n) is 6.79. The lowest BCUT2D eigenvalue weighted by Crippen LogP contribution is -2.12. The molecule has 0 bridgehead atoms. The smallest absolute Gasteiger partial charge is 0.208 e. The van der Waals surface area contributed by atoms with Crippen LogP contribution in [0.3, 0.4) is 0 Å². The fraction of sp³-hybridized carbons (Fsp3) is 0.480. The molecule has 9 nitrogen and oxygen atoms in total. The molecule has 2 rings (SSSR count). The predicted octanol–water partition coefficient (Wildman–Crippen LogP) is 4.72. The number of carbonyl (C=O) groups is 1. The minimum absolute atomic E-state index is 0.00505. The van der Waals surface area contributed by atoms with E-state index in [2.05, 4.69) is 0 Å². The number of aromatic hydroxyl groups is 2. The Morgan fingerprint density at radius 3 is 1.15 bits per heavy atom. The van der Waals surface area contributed by atoms with Gasteiger partial charge in [0.2, 0.25) is 28.8 Å². The quantitative estimate of drug-likeness (QED) is 0.372. The van der Waals surface area contributed by atoms with Crippen molar-refractivity contribution in [2.24, 2.45) is 0 Å². The highest BCUT2D eigenvalue weighted by molar-refractivity contribution is 6.14. The molecule has 0 unspecified atom stereocenters. The zero-order valence-electron chi connectivity index (χ0n) is 20.6. The summed E-state index contributed by atoms with van der Waals surface area (Å²) in [5.74, 6) is -0.738. The lowest BCUT2D eigenvalue weighted by molar-refractivity contribution is 0.102. The Labute approximate surface area is 200 Å². The van der Waals surface area contributed by atoms with E-state index in [1.54, 1.807) is 41.5 Å². The van der Waals surface area contributed by atoms with Crippen molar-refractivity contribution in [3.8, 4) is 46.0 Å². The maximum Gasteiger partial charge on any atom is 0.208 e. The first-order valence-electron chi connectivity index (χ1n) is 11.5. The van der Waals surface area contributed by atoms with Gasteiger partial charge in [0.25, 0.3) is 0 Å². The van der Waals surface area contributed by atoms with Crippen LogP contribution in [-0.4, -0.2) is 55.6 Å². The number of rotatable bonds is 14. The average molecular weight is 479 g/mol. The van der Waals surface area contributed by atoms with Gasteiger partial charge in [0, 0.05) is 0 Å². The van der Waals surface area contributed by atoms with Crippen LogP contribution >= 0.6 is 0 Å². The molecule has 0 saturated heterocycles. The molecule has 2 aromatic rings. The topological polar surface area (TPSA) is 113 Å². The maximum absolute atomic E-state index is 13.9. The summed E-state index contributed by atoms with van der Waals surface area (Å²) in [6.45, 7) is 11.9. The normalized spacial score (nSPS) is 10.5. The Morgan fingerprint density at radius 1 is 0.559 bits per heavy atom. The molecule has 34 heavy (non-hydrogen) atoms. The molecule has 9 heteroatoms. The van der Waals surface area contributed by atoms with Gasteiger partial charge in [-0.2, -0.15) is 0 Å². The molecular weight excluding hydrogens is 444 g/mol. The Kier molecular flexibility index (Phi) is 9.97. The molecule has 0 fully saturated rings. The van der Waals surface area contributed by atoms with Gasteiger partial charge in [-0.15, -0.1) is 0 Å². The van der Waals surface area contributed by atoms with Gasteiger partial charge in [-0.3, -0.25) is 4.79 Å². The van der Waals surface area contributed by atoms with Crippen LogP contribution in [0.5, 0.6) is 46.0 Å². The van der Waals surface area contributed by atoms with Crippen molar-refractivity contribution >= 4 is 5.78 Å². The van der Waals surface area contributed by atoms with Crippen molar-refractivity contribution < 1.29 is 43.4 Å². The van der Waals surface area contributed by atoms with Crippen molar-refractivity contribution in [1.29, 1.82) is 0 Å². The van der Waals surface area contributed by atoms with Gasteiger partial charge in [-0.1, -0.05) is 0 Å². The highest BCUT2D eigenvalue weighted by Crippen LogP contribution is 2.50. The number of hydrogen-bond acceptors (Lipinski definition) is 9. The van der Waals surface area contributed by atoms with Gasteiger partial charge in [-0.25, -0.2) is 0 Å². The summed E-state index contributed by atoms with van der Waals surface area (Å²) in [5, 5.41) is 21.4. The van der Waals surface area contributed by atoms with E-state index in [9.17, 15) is 15.0 Å². The Balaban J connectivity index is 2.88. The van der Waals surface area contributed by atoms with Crippen LogP contribution in [0, 0.1) is 0 Å². The minimum atomic E-state index is -0.518. The standard InChI is InChI=1S/C25H34O9/c1-7-29-17-13-15(22(31-9-3)24(20(17)27)33-11-5)19(26)16-14-18(30-8-2)21(28)25(34-12-6)23(16)32-10-4/h13-14,27-28H,7-12H2,1-6H3. The SMILES string of the molecule is CCOc1cc(C(=O)c2cc(OCC)c(O)c(OCC)c2OCC)c(OCC)c(OCC)c1O. The van der Waals surface area contributed by atoms with Crippen molar-refractivity contribution in [3.05, 3.63) is 23.3 Å². The number of carbonyl (C=O) groups excluding carboxylic acids is 1. The summed E-state index contributed by atoms with van der Waals surface area (Å²) in [6.07, 6.45) is 0. The molecule has 0 aliphatic carbocycles. The van der Waals surface area contributed by atoms with Gasteiger partial charge in [0.05, 0.1) is 50.8 Å². The summed E-state index contributed by atoms with van der Waals surface area (Å²) in [5.41, 5.74) is 0.172. The van der Waals surface area contributed by atoms with Crippen molar-refractivity contribution in [2.75, 3.05) is 39.6 Å². The number of hydrogen-bond donors (Lipinski definition) is 2. The van der Waals surface area contributed by atoms with E-state index in [-0.39, 0.29) is 96.8 Å². The van der Waals surface area contributed by atoms with Crippen LogP contribution in [-0.2, 0) is 0 Å². The third-order valence-corrected chi connectivity index (χ3v) is 4.59. The fourth-order valence-electron chi connectivity index (χ4n) is 3.36. The Morgan fingerprint density at radius 2 is 0.853 bits per heavy atom. The summed E-state index contributed by atoms with van der Waals surface area (Å²) >= 11 is 0. The van der Waals surface area contributed by atoms with E-state index in [4.69, 9.17) is 28.4 Å². The van der Waals surface area contributed by atoms with Gasteiger partial charge in [-0.05, 0) is 53.7 Å². The van der Waals surface area contributed by atoms with E-state index >= 15 is 0 Å². The predicted molar refractivity (Wildman–Crippen MR) is 127 cm³/mol. The molecule has 0 radical (unpaired) electrons. The van der Waals surface area contributed by atoms with Crippen LogP contribution in [0.4, 0.5) is 0 Å². The van der Waals surface area contributed by atoms with Crippen molar-refractivity contribution in [2.45, 2.75) is 41.5 Å². The van der Waals surface area contributed by atoms with Crippen LogP contribution < -0.4 is 28.4 Å². The Bertz CT molecular complexity index is 908. The van der Waals surface area contributed by atoms with E-state index in [0.717, 1.165) is 0 Å². The lowest BCUT2D eigenvalue weighted by atomic mass is 9.99. The zero-order chi connectivity index (χ0) is 25.3. The second kappa shape index (κ2) is 12.7. The molecule has 0 heterocycles. The molecular formula is C25H34O9. The Hall–Kier alpha value is -3.49. The van der Waals surface area contributed by atoms with E-state index in [1.165, 1.54) is 12.1 Å². The third kappa shape index (κ3) is 5.52. The summed E-state index contributed by atoms with van der Waals surface area (Å²) < 4.78 is 33.8. The zero-order valence-corrected chi connectivity index (χ0v) is 20.6. The average Bonchev–Trinajstić information content (AvgIpc) is 2.82. The van der Waals surface area contributed by atoms with Gasteiger partial charge in [0.1, 0.15) is 0 Å². The number of ketones is 1. The molecule has 188 valence electrons. The number of phenolic OH excluding ortho intramolecular Hbond substituents is 2. The first-order chi connectivity index (χ1) is 16.4. The molecule has 0 spiro atoms. The largest absolute Gasteiger partial charge is 0.502 e. The van der Waals surface area contributed by atoms with Crippen LogP contribution in [0.1, 0.15) is 57.5 Å². The van der Waals surface area contributed by atoms with E-state index in [1.807, 2.05) is 0 Å². The van der Waals surface area contributed by atoms with Crippen LogP contribution in [0.25, 0.3) is 0 Å². The minimum Gasteiger partial charge on any atom is -0.502 e. The van der Waals surface area contributed by atoms with Crippen LogP contribution in [0.2, 0.25) is 0 Å². The summed E-state index contributed by atoms with van der Waals surface area (Å²) in [4.78, 5) is 13.9. The molecule has 0 aromatic heterocycles. The third-order valence-electron chi connectivity index (χ3n) is 4.59. The molecule has 0 amide bonds. The molecule has 0 atom stereocenters. The second-order valence-corrected chi connectivity index (χ2v) is 6.79. The fourth-order valence-corrected chi connectivity index (χ4v) is 3.36. The van der Waals surface area contributed by atoms with Crippen molar-refractivity contribution in [1.82, 2.24) is 0 Å². The van der Waals surface area contributed by atoms with E-state index in [0.29, 0.717) is 0 Å². The first kappa shape index (κ1) is 26.8. The molecule has 0 aliphatic heterocycles. The lowest BCUT2D eigenvalue weighted by Gasteiger charge is -2.21. The molecule has 0 aliphatic rings. The molecule has 2 aromatic carbocycles. The summed E-state index contributed by atoms with van der Waals surface area (Å²) in [7, 11) is 0. The van der Waals surface area contributed by atoms with Crippen LogP contribution in [0.15, 0.2) is 12.1 Å².